The second-order valence-electron chi connectivity index (χ2n) is 5.57. The molecule has 1 heterocycles. The molecule has 0 spiro atoms. The van der Waals surface area contributed by atoms with Gasteiger partial charge >= 0.3 is 0 Å². The summed E-state index contributed by atoms with van der Waals surface area (Å²) in [6, 6.07) is 12.1. The van der Waals surface area contributed by atoms with Crippen LogP contribution in [-0.4, -0.2) is 10.8 Å². The lowest BCUT2D eigenvalue weighted by Crippen LogP contribution is -2.05. The zero-order valence-corrected chi connectivity index (χ0v) is 13.5. The summed E-state index contributed by atoms with van der Waals surface area (Å²) in [5, 5.41) is 13.1. The Morgan fingerprint density at radius 1 is 1.32 bits per heavy atom. The van der Waals surface area contributed by atoms with Crippen LogP contribution in [0.5, 0.6) is 0 Å². The van der Waals surface area contributed by atoms with E-state index in [4.69, 9.17) is 10.1 Å². The lowest BCUT2D eigenvalue weighted by molar-refractivity contribution is 0.132. The van der Waals surface area contributed by atoms with Crippen LogP contribution < -0.4 is 0 Å². The van der Waals surface area contributed by atoms with Crippen LogP contribution in [0, 0.1) is 25.2 Å². The molecule has 0 saturated heterocycles. The van der Waals surface area contributed by atoms with E-state index in [-0.39, 0.29) is 0 Å². The average molecular weight is 295 g/mol. The van der Waals surface area contributed by atoms with Crippen molar-refractivity contribution in [3.8, 4) is 6.07 Å². The predicted molar refractivity (Wildman–Crippen MR) is 87.8 cm³/mol. The maximum atomic E-state index is 9.03. The smallest absolute Gasteiger partial charge is 0.143 e. The molecule has 0 radical (unpaired) electrons. The summed E-state index contributed by atoms with van der Waals surface area (Å²) in [6.45, 7) is 8.79. The Kier molecular flexibility index (Phi) is 5.00. The molecule has 0 saturated carbocycles. The molecular formula is C18H21N3O. The highest BCUT2D eigenvalue weighted by Crippen LogP contribution is 2.18. The van der Waals surface area contributed by atoms with Gasteiger partial charge in [-0.25, -0.2) is 0 Å². The maximum Gasteiger partial charge on any atom is 0.143 e. The lowest BCUT2D eigenvalue weighted by Gasteiger charge is -2.13. The minimum absolute atomic E-state index is 0.295. The molecule has 114 valence electrons. The summed E-state index contributed by atoms with van der Waals surface area (Å²) in [5.74, 6) is 0. The third-order valence-electron chi connectivity index (χ3n) is 3.66. The quantitative estimate of drug-likeness (QED) is 0.615. The molecule has 0 bridgehead atoms. The molecule has 4 heteroatoms. The highest BCUT2D eigenvalue weighted by atomic mass is 16.6. The number of nitriles is 1. The van der Waals surface area contributed by atoms with Gasteiger partial charge in [-0.15, -0.1) is 0 Å². The van der Waals surface area contributed by atoms with Crippen molar-refractivity contribution in [3.05, 3.63) is 58.4 Å². The van der Waals surface area contributed by atoms with Crippen molar-refractivity contribution in [1.29, 1.82) is 5.26 Å². The fourth-order valence-electron chi connectivity index (χ4n) is 2.68. The van der Waals surface area contributed by atoms with E-state index in [2.05, 4.69) is 49.6 Å². The van der Waals surface area contributed by atoms with E-state index in [9.17, 15) is 0 Å². The molecule has 4 nitrogen and oxygen atoms in total. The van der Waals surface area contributed by atoms with E-state index in [1.165, 1.54) is 11.4 Å². The first kappa shape index (κ1) is 15.8. The summed E-state index contributed by atoms with van der Waals surface area (Å²) >= 11 is 0. The second-order valence-corrected chi connectivity index (χ2v) is 5.57. The molecule has 0 aliphatic heterocycles. The predicted octanol–water partition coefficient (Wildman–Crippen LogP) is 4.11. The Bertz CT molecular complexity index is 720. The van der Waals surface area contributed by atoms with Gasteiger partial charge in [0.1, 0.15) is 6.61 Å². The standard InChI is InChI=1S/C18H21N3O/c1-13(2)21-14(3)9-18(15(21)4)11-20-22-12-17-8-6-5-7-16(17)10-19/h5-9,11,13H,12H2,1-4H3/b20-11-. The first-order chi connectivity index (χ1) is 10.5. The molecule has 0 N–H and O–H groups in total. The number of oxime groups is 1. The summed E-state index contributed by atoms with van der Waals surface area (Å²) < 4.78 is 2.27. The van der Waals surface area contributed by atoms with Gasteiger partial charge in [-0.05, 0) is 39.8 Å². The van der Waals surface area contributed by atoms with Crippen molar-refractivity contribution in [3.63, 3.8) is 0 Å². The van der Waals surface area contributed by atoms with Crippen molar-refractivity contribution in [1.82, 2.24) is 4.57 Å². The van der Waals surface area contributed by atoms with Crippen molar-refractivity contribution >= 4 is 6.21 Å². The van der Waals surface area contributed by atoms with Gasteiger partial charge in [0.15, 0.2) is 0 Å². The average Bonchev–Trinajstić information content (AvgIpc) is 2.78. The van der Waals surface area contributed by atoms with E-state index in [0.29, 0.717) is 18.2 Å². The first-order valence-electron chi connectivity index (χ1n) is 7.36. The van der Waals surface area contributed by atoms with Gasteiger partial charge in [0, 0.05) is 28.6 Å². The molecule has 1 aromatic heterocycles. The largest absolute Gasteiger partial charge is 0.391 e. The van der Waals surface area contributed by atoms with Crippen LogP contribution in [0.2, 0.25) is 0 Å². The lowest BCUT2D eigenvalue weighted by atomic mass is 10.1. The molecule has 0 aliphatic carbocycles. The van der Waals surface area contributed by atoms with Crippen molar-refractivity contribution < 1.29 is 4.84 Å². The van der Waals surface area contributed by atoms with Gasteiger partial charge in [-0.2, -0.15) is 5.26 Å². The molecule has 0 fully saturated rings. The number of hydrogen-bond acceptors (Lipinski definition) is 3. The highest BCUT2D eigenvalue weighted by Gasteiger charge is 2.09. The number of aryl methyl sites for hydroxylation is 1. The van der Waals surface area contributed by atoms with Crippen LogP contribution in [0.1, 0.15) is 48.0 Å². The van der Waals surface area contributed by atoms with Crippen LogP contribution in [0.4, 0.5) is 0 Å². The van der Waals surface area contributed by atoms with Crippen LogP contribution in [0.3, 0.4) is 0 Å². The monoisotopic (exact) mass is 295 g/mol. The molecule has 0 amide bonds. The van der Waals surface area contributed by atoms with Crippen molar-refractivity contribution in [2.75, 3.05) is 0 Å². The topological polar surface area (TPSA) is 50.3 Å². The summed E-state index contributed by atoms with van der Waals surface area (Å²) in [4.78, 5) is 5.34. The first-order valence-corrected chi connectivity index (χ1v) is 7.36. The zero-order chi connectivity index (χ0) is 16.1. The Balaban J connectivity index is 2.05. The summed E-state index contributed by atoms with van der Waals surface area (Å²) in [6.07, 6.45) is 1.73. The van der Waals surface area contributed by atoms with Crippen LogP contribution in [-0.2, 0) is 11.4 Å². The molecule has 2 rings (SSSR count). The fourth-order valence-corrected chi connectivity index (χ4v) is 2.68. The van der Waals surface area contributed by atoms with E-state index >= 15 is 0 Å². The minimum Gasteiger partial charge on any atom is -0.391 e. The van der Waals surface area contributed by atoms with Gasteiger partial charge in [0.2, 0.25) is 0 Å². The Labute approximate surface area is 131 Å². The zero-order valence-electron chi connectivity index (χ0n) is 13.5. The van der Waals surface area contributed by atoms with E-state index < -0.39 is 0 Å². The molecule has 0 aliphatic rings. The van der Waals surface area contributed by atoms with Gasteiger partial charge in [0.05, 0.1) is 17.8 Å². The SMILES string of the molecule is Cc1cc(/C=N\OCc2ccccc2C#N)c(C)n1C(C)C. The number of aromatic nitrogens is 1. The molecule has 1 aromatic carbocycles. The number of benzene rings is 1. The fraction of sp³-hybridized carbons (Fsp3) is 0.333. The second kappa shape index (κ2) is 6.95. The normalized spacial score (nSPS) is 11.1. The highest BCUT2D eigenvalue weighted by molar-refractivity contribution is 5.81. The van der Waals surface area contributed by atoms with Gasteiger partial charge in [-0.3, -0.25) is 0 Å². The Hall–Kier alpha value is -2.54. The van der Waals surface area contributed by atoms with Crippen molar-refractivity contribution in [2.24, 2.45) is 5.16 Å². The van der Waals surface area contributed by atoms with E-state index in [1.807, 2.05) is 18.2 Å². The summed E-state index contributed by atoms with van der Waals surface area (Å²) in [5.41, 5.74) is 4.91. The van der Waals surface area contributed by atoms with Crippen LogP contribution >= 0.6 is 0 Å². The molecular weight excluding hydrogens is 274 g/mol. The minimum atomic E-state index is 0.295. The summed E-state index contributed by atoms with van der Waals surface area (Å²) in [7, 11) is 0. The third-order valence-corrected chi connectivity index (χ3v) is 3.66. The van der Waals surface area contributed by atoms with Gasteiger partial charge < -0.3 is 9.40 Å². The molecule has 22 heavy (non-hydrogen) atoms. The maximum absolute atomic E-state index is 9.03. The number of nitrogens with zero attached hydrogens (tertiary/aromatic N) is 3. The number of hydrogen-bond donors (Lipinski definition) is 0. The molecule has 2 aromatic rings. The number of rotatable bonds is 5. The van der Waals surface area contributed by atoms with Crippen molar-refractivity contribution in [2.45, 2.75) is 40.3 Å². The van der Waals surface area contributed by atoms with Gasteiger partial charge in [0.25, 0.3) is 0 Å². The van der Waals surface area contributed by atoms with E-state index in [1.54, 1.807) is 12.3 Å². The molecule has 0 unspecified atom stereocenters. The van der Waals surface area contributed by atoms with E-state index in [0.717, 1.165) is 11.1 Å². The van der Waals surface area contributed by atoms with Gasteiger partial charge in [-0.1, -0.05) is 23.4 Å². The Morgan fingerprint density at radius 3 is 2.68 bits per heavy atom. The third kappa shape index (κ3) is 3.37. The van der Waals surface area contributed by atoms with Crippen LogP contribution in [0.15, 0.2) is 35.5 Å². The molecule has 0 atom stereocenters. The Morgan fingerprint density at radius 2 is 2.05 bits per heavy atom. The van der Waals surface area contributed by atoms with Crippen LogP contribution in [0.25, 0.3) is 0 Å².